The Balaban J connectivity index is 2.01. The van der Waals surface area contributed by atoms with Crippen molar-refractivity contribution in [1.82, 2.24) is 10.2 Å². The molecular weight excluding hydrogens is 392 g/mol. The van der Waals surface area contributed by atoms with Gasteiger partial charge in [-0.25, -0.2) is 4.79 Å². The third kappa shape index (κ3) is 5.58. The number of aliphatic carboxylic acids is 1. The molecule has 9 heteroatoms. The summed E-state index contributed by atoms with van der Waals surface area (Å²) in [7, 11) is 0. The smallest absolute Gasteiger partial charge is 0.326 e. The van der Waals surface area contributed by atoms with Crippen LogP contribution in [0.4, 0.5) is 0 Å². The molecule has 0 radical (unpaired) electrons. The van der Waals surface area contributed by atoms with E-state index in [4.69, 9.17) is 12.2 Å². The summed E-state index contributed by atoms with van der Waals surface area (Å²) < 4.78 is 0.281. The number of nitrogens with one attached hydrogen (secondary N) is 1. The highest BCUT2D eigenvalue weighted by Crippen LogP contribution is 2.32. The van der Waals surface area contributed by atoms with Crippen molar-refractivity contribution in [3.63, 3.8) is 0 Å². The van der Waals surface area contributed by atoms with Crippen molar-refractivity contribution in [3.8, 4) is 0 Å². The Morgan fingerprint density at radius 3 is 2.69 bits per heavy atom. The van der Waals surface area contributed by atoms with Crippen LogP contribution in [0.1, 0.15) is 12.0 Å². The van der Waals surface area contributed by atoms with Gasteiger partial charge in [0.1, 0.15) is 16.9 Å². The number of carboxylic acid groups (broad SMARTS) is 1. The number of thiocarbonyl (C=S) groups is 1. The minimum absolute atomic E-state index is 0.281. The fourth-order valence-corrected chi connectivity index (χ4v) is 3.94. The van der Waals surface area contributed by atoms with Crippen molar-refractivity contribution >= 4 is 63.9 Å². The zero-order valence-electron chi connectivity index (χ0n) is 14.0. The molecule has 0 bridgehead atoms. The molecule has 1 aromatic rings. The summed E-state index contributed by atoms with van der Waals surface area (Å²) in [6, 6.07) is 8.35. The van der Waals surface area contributed by atoms with E-state index >= 15 is 0 Å². The summed E-state index contributed by atoms with van der Waals surface area (Å²) in [5.41, 5.74) is 0.862. The molecule has 1 fully saturated rings. The van der Waals surface area contributed by atoms with Gasteiger partial charge in [-0.15, -0.1) is 0 Å². The van der Waals surface area contributed by atoms with E-state index < -0.39 is 17.9 Å². The van der Waals surface area contributed by atoms with Crippen LogP contribution in [0.15, 0.2) is 35.2 Å². The summed E-state index contributed by atoms with van der Waals surface area (Å²) in [5, 5.41) is 11.6. The molecule has 6 nitrogen and oxygen atoms in total. The number of nitrogens with zero attached hydrogens (tertiary/aromatic N) is 1. The Labute approximate surface area is 165 Å². The average Bonchev–Trinajstić information content (AvgIpc) is 2.86. The van der Waals surface area contributed by atoms with E-state index in [1.807, 2.05) is 36.6 Å². The van der Waals surface area contributed by atoms with Gasteiger partial charge in [-0.1, -0.05) is 54.3 Å². The lowest BCUT2D eigenvalue weighted by molar-refractivity contribution is -0.142. The summed E-state index contributed by atoms with van der Waals surface area (Å²) >= 11 is 7.82. The Bertz CT molecular complexity index is 737. The highest BCUT2D eigenvalue weighted by atomic mass is 32.2. The Kier molecular flexibility index (Phi) is 7.67. The van der Waals surface area contributed by atoms with Gasteiger partial charge < -0.3 is 10.4 Å². The van der Waals surface area contributed by atoms with E-state index in [1.54, 1.807) is 6.08 Å². The lowest BCUT2D eigenvalue weighted by Gasteiger charge is -2.17. The fourth-order valence-electron chi connectivity index (χ4n) is 2.21. The third-order valence-corrected chi connectivity index (χ3v) is 5.54. The topological polar surface area (TPSA) is 86.7 Å². The second-order valence-corrected chi connectivity index (χ2v) is 8.08. The number of hydrogen-bond donors (Lipinski definition) is 2. The van der Waals surface area contributed by atoms with Gasteiger partial charge >= 0.3 is 5.97 Å². The van der Waals surface area contributed by atoms with Crippen LogP contribution in [0.2, 0.25) is 0 Å². The Morgan fingerprint density at radius 1 is 1.38 bits per heavy atom. The first kappa shape index (κ1) is 20.5. The second kappa shape index (κ2) is 9.75. The minimum Gasteiger partial charge on any atom is -0.480 e. The lowest BCUT2D eigenvalue weighted by Crippen LogP contribution is -2.46. The number of rotatable bonds is 8. The molecule has 0 spiro atoms. The van der Waals surface area contributed by atoms with E-state index in [1.165, 1.54) is 16.7 Å². The van der Waals surface area contributed by atoms with Crippen LogP contribution >= 0.6 is 35.7 Å². The zero-order valence-corrected chi connectivity index (χ0v) is 16.5. The van der Waals surface area contributed by atoms with E-state index in [0.29, 0.717) is 17.1 Å². The zero-order chi connectivity index (χ0) is 19.1. The second-order valence-electron chi connectivity index (χ2n) is 5.42. The molecule has 0 saturated carbocycles. The molecule has 0 aromatic heterocycles. The molecule has 2 rings (SSSR count). The predicted octanol–water partition coefficient (Wildman–Crippen LogP) is 2.21. The van der Waals surface area contributed by atoms with Gasteiger partial charge in [0.25, 0.3) is 5.91 Å². The van der Waals surface area contributed by atoms with Gasteiger partial charge in [0.2, 0.25) is 5.91 Å². The van der Waals surface area contributed by atoms with Crippen molar-refractivity contribution in [2.45, 2.75) is 12.5 Å². The van der Waals surface area contributed by atoms with Crippen molar-refractivity contribution in [2.75, 3.05) is 18.6 Å². The van der Waals surface area contributed by atoms with Crippen LogP contribution in [0, 0.1) is 0 Å². The summed E-state index contributed by atoms with van der Waals surface area (Å²) in [4.78, 5) is 37.5. The van der Waals surface area contributed by atoms with Gasteiger partial charge in [0.15, 0.2) is 0 Å². The van der Waals surface area contributed by atoms with Crippen molar-refractivity contribution in [2.24, 2.45) is 0 Å². The maximum absolute atomic E-state index is 12.5. The van der Waals surface area contributed by atoms with Gasteiger partial charge in [0, 0.05) is 0 Å². The maximum Gasteiger partial charge on any atom is 0.326 e. The number of carbonyl (C=O) groups excluding carboxylic acids is 2. The van der Waals surface area contributed by atoms with Crippen LogP contribution in [-0.4, -0.2) is 56.7 Å². The van der Waals surface area contributed by atoms with Crippen molar-refractivity contribution in [1.29, 1.82) is 0 Å². The molecule has 1 aliphatic rings. The summed E-state index contributed by atoms with van der Waals surface area (Å²) in [6.07, 6.45) is 3.89. The van der Waals surface area contributed by atoms with Gasteiger partial charge in [-0.2, -0.15) is 11.8 Å². The molecule has 2 amide bonds. The quantitative estimate of drug-likeness (QED) is 0.502. The lowest BCUT2D eigenvalue weighted by atomic mass is 10.2. The fraction of sp³-hybridized carbons (Fsp3) is 0.294. The molecule has 0 unspecified atom stereocenters. The maximum atomic E-state index is 12.5. The normalized spacial score (nSPS) is 16.8. The predicted molar refractivity (Wildman–Crippen MR) is 109 cm³/mol. The van der Waals surface area contributed by atoms with E-state index in [-0.39, 0.29) is 16.8 Å². The van der Waals surface area contributed by atoms with Crippen LogP contribution < -0.4 is 5.32 Å². The van der Waals surface area contributed by atoms with Gasteiger partial charge in [-0.3, -0.25) is 14.5 Å². The Morgan fingerprint density at radius 2 is 2.08 bits per heavy atom. The van der Waals surface area contributed by atoms with E-state index in [9.17, 15) is 19.5 Å². The standard InChI is InChI=1S/C17H18N2O4S3/c1-25-8-7-12(16(22)23)18-14(20)10-19-15(21)13(26-17(19)24)9-11-5-3-2-4-6-11/h2-6,9,12H,7-8,10H2,1H3,(H,18,20)(H,22,23)/b13-9-/t12-/m1/s1. The van der Waals surface area contributed by atoms with E-state index in [2.05, 4.69) is 5.32 Å². The molecule has 1 saturated heterocycles. The minimum atomic E-state index is -1.10. The summed E-state index contributed by atoms with van der Waals surface area (Å²) in [6.45, 7) is -0.292. The van der Waals surface area contributed by atoms with Crippen LogP contribution in [-0.2, 0) is 14.4 Å². The highest BCUT2D eigenvalue weighted by Gasteiger charge is 2.34. The average molecular weight is 411 g/mol. The Hall–Kier alpha value is -1.84. The molecule has 1 aliphatic heterocycles. The molecule has 2 N–H and O–H groups in total. The number of thioether (sulfide) groups is 2. The van der Waals surface area contributed by atoms with Crippen LogP contribution in [0.25, 0.3) is 6.08 Å². The molecule has 1 heterocycles. The molecule has 138 valence electrons. The number of carboxylic acids is 1. The highest BCUT2D eigenvalue weighted by molar-refractivity contribution is 8.26. The first-order valence-electron chi connectivity index (χ1n) is 7.74. The number of amides is 2. The SMILES string of the molecule is CSCC[C@@H](NC(=O)CN1C(=O)/C(=C/c2ccccc2)SC1=S)C(=O)O. The number of hydrogen-bond acceptors (Lipinski definition) is 6. The number of benzene rings is 1. The van der Waals surface area contributed by atoms with Gasteiger partial charge in [-0.05, 0) is 30.1 Å². The van der Waals surface area contributed by atoms with Gasteiger partial charge in [0.05, 0.1) is 4.91 Å². The first-order valence-corrected chi connectivity index (χ1v) is 10.4. The summed E-state index contributed by atoms with van der Waals surface area (Å²) in [5.74, 6) is -1.38. The van der Waals surface area contributed by atoms with E-state index in [0.717, 1.165) is 17.3 Å². The van der Waals surface area contributed by atoms with Crippen LogP contribution in [0.3, 0.4) is 0 Å². The number of carbonyl (C=O) groups is 3. The largest absolute Gasteiger partial charge is 0.480 e. The molecule has 1 aromatic carbocycles. The van der Waals surface area contributed by atoms with Crippen molar-refractivity contribution in [3.05, 3.63) is 40.8 Å². The monoisotopic (exact) mass is 410 g/mol. The molecule has 26 heavy (non-hydrogen) atoms. The third-order valence-electron chi connectivity index (χ3n) is 3.52. The molecular formula is C17H18N2O4S3. The first-order chi connectivity index (χ1) is 12.4. The molecule has 0 aliphatic carbocycles. The van der Waals surface area contributed by atoms with Crippen molar-refractivity contribution < 1.29 is 19.5 Å². The molecule has 1 atom stereocenters. The van der Waals surface area contributed by atoms with Crippen LogP contribution in [0.5, 0.6) is 0 Å².